The highest BCUT2D eigenvalue weighted by atomic mass is 35.5. The molecule has 2 aliphatic rings. The number of phenols is 1. The van der Waals surface area contributed by atoms with Gasteiger partial charge in [0.25, 0.3) is 0 Å². The second-order valence-electron chi connectivity index (χ2n) is 9.07. The van der Waals surface area contributed by atoms with E-state index in [-0.39, 0.29) is 29.3 Å². The summed E-state index contributed by atoms with van der Waals surface area (Å²) >= 11 is 6.04. The van der Waals surface area contributed by atoms with Gasteiger partial charge in [-0.2, -0.15) is 0 Å². The number of esters is 1. The molecule has 1 heterocycles. The van der Waals surface area contributed by atoms with Crippen molar-refractivity contribution in [2.75, 3.05) is 7.11 Å². The first-order valence-corrected chi connectivity index (χ1v) is 11.7. The van der Waals surface area contributed by atoms with E-state index in [2.05, 4.69) is 0 Å². The van der Waals surface area contributed by atoms with Gasteiger partial charge >= 0.3 is 5.97 Å². The number of aliphatic imine (C=N–C) groups is 1. The number of rotatable bonds is 5. The average Bonchev–Trinajstić information content (AvgIpc) is 2.78. The standard InChI is InChI=1S/C27H28ClNO5/c1-14(2)34-27(32)24-15(3)29-20-11-18(16-5-8-19(28)9-6-16)12-22(31)26(20)25(24)17-7-10-21(30)23(13-17)33-4/h5-10,13-14,18,24-25,30H,11-12H2,1-4H3/t18-,24?,25-/m1/s1. The maximum atomic E-state index is 13.6. The third-order valence-electron chi connectivity index (χ3n) is 6.40. The van der Waals surface area contributed by atoms with Crippen molar-refractivity contribution in [3.8, 4) is 11.5 Å². The number of hydrogen-bond donors (Lipinski definition) is 1. The number of phenolic OH excluding ortho intramolecular Hbond substituents is 1. The second-order valence-corrected chi connectivity index (χ2v) is 9.50. The maximum Gasteiger partial charge on any atom is 0.315 e. The minimum Gasteiger partial charge on any atom is -0.504 e. The molecule has 7 heteroatoms. The smallest absolute Gasteiger partial charge is 0.315 e. The van der Waals surface area contributed by atoms with Crippen molar-refractivity contribution in [1.82, 2.24) is 0 Å². The number of hydrogen-bond acceptors (Lipinski definition) is 6. The van der Waals surface area contributed by atoms with E-state index >= 15 is 0 Å². The van der Waals surface area contributed by atoms with E-state index in [9.17, 15) is 14.7 Å². The molecule has 0 aromatic heterocycles. The summed E-state index contributed by atoms with van der Waals surface area (Å²) in [6.07, 6.45) is 0.590. The van der Waals surface area contributed by atoms with Gasteiger partial charge in [-0.15, -0.1) is 0 Å². The van der Waals surface area contributed by atoms with Crippen LogP contribution in [0, 0.1) is 5.92 Å². The quantitative estimate of drug-likeness (QED) is 0.563. The molecule has 1 aliphatic carbocycles. The number of aromatic hydroxyl groups is 1. The van der Waals surface area contributed by atoms with Gasteiger partial charge in [0.15, 0.2) is 17.3 Å². The first-order chi connectivity index (χ1) is 16.2. The van der Waals surface area contributed by atoms with Gasteiger partial charge in [-0.1, -0.05) is 29.8 Å². The van der Waals surface area contributed by atoms with E-state index < -0.39 is 17.8 Å². The van der Waals surface area contributed by atoms with Gasteiger partial charge in [-0.05, 0) is 68.5 Å². The van der Waals surface area contributed by atoms with Gasteiger partial charge in [-0.3, -0.25) is 14.6 Å². The van der Waals surface area contributed by atoms with Crippen LogP contribution < -0.4 is 4.74 Å². The topological polar surface area (TPSA) is 85.2 Å². The largest absolute Gasteiger partial charge is 0.504 e. The van der Waals surface area contributed by atoms with Crippen LogP contribution in [-0.4, -0.2) is 35.8 Å². The molecule has 0 fully saturated rings. The number of carbonyl (C=O) groups excluding carboxylic acids is 2. The van der Waals surface area contributed by atoms with Crippen LogP contribution >= 0.6 is 11.6 Å². The number of nitrogens with zero attached hydrogens (tertiary/aromatic N) is 1. The Bertz CT molecular complexity index is 1180. The molecule has 0 saturated heterocycles. The molecule has 4 rings (SSSR count). The van der Waals surface area contributed by atoms with E-state index in [1.807, 2.05) is 24.3 Å². The number of ketones is 1. The van der Waals surface area contributed by atoms with Crippen LogP contribution in [0.15, 0.2) is 58.7 Å². The summed E-state index contributed by atoms with van der Waals surface area (Å²) in [5.74, 6) is -1.55. The third-order valence-corrected chi connectivity index (χ3v) is 6.65. The zero-order valence-corrected chi connectivity index (χ0v) is 20.4. The Balaban J connectivity index is 1.82. The van der Waals surface area contributed by atoms with Crippen LogP contribution in [0.3, 0.4) is 0 Å². The maximum absolute atomic E-state index is 13.6. The number of ether oxygens (including phenoxy) is 2. The fourth-order valence-corrected chi connectivity index (χ4v) is 5.01. The Hall–Kier alpha value is -3.12. The zero-order valence-electron chi connectivity index (χ0n) is 19.7. The molecular formula is C27H28ClNO5. The average molecular weight is 482 g/mol. The minimum atomic E-state index is -0.744. The third kappa shape index (κ3) is 4.60. The fourth-order valence-electron chi connectivity index (χ4n) is 4.89. The number of allylic oxidation sites excluding steroid dienone is 2. The first kappa shape index (κ1) is 24.0. The monoisotopic (exact) mass is 481 g/mol. The molecule has 34 heavy (non-hydrogen) atoms. The van der Waals surface area contributed by atoms with Crippen LogP contribution in [-0.2, 0) is 14.3 Å². The molecule has 0 amide bonds. The van der Waals surface area contributed by atoms with Crippen molar-refractivity contribution in [1.29, 1.82) is 0 Å². The normalized spacial score (nSPS) is 22.4. The number of carbonyl (C=O) groups is 2. The molecule has 2 aromatic carbocycles. The molecule has 1 unspecified atom stereocenters. The number of methoxy groups -OCH3 is 1. The SMILES string of the molecule is COc1cc([C@H]2C3=C(C[C@@H](c4ccc(Cl)cc4)CC3=O)N=C(C)C2C(=O)OC(C)C)ccc1O. The lowest BCUT2D eigenvalue weighted by Crippen LogP contribution is -2.38. The summed E-state index contributed by atoms with van der Waals surface area (Å²) in [5.41, 5.74) is 3.56. The van der Waals surface area contributed by atoms with Crippen LogP contribution in [0.1, 0.15) is 56.6 Å². The van der Waals surface area contributed by atoms with E-state index in [4.69, 9.17) is 26.1 Å². The van der Waals surface area contributed by atoms with E-state index in [1.54, 1.807) is 32.9 Å². The molecule has 2 aromatic rings. The molecule has 0 bridgehead atoms. The van der Waals surface area contributed by atoms with Crippen molar-refractivity contribution in [2.45, 2.75) is 51.6 Å². The predicted octanol–water partition coefficient (Wildman–Crippen LogP) is 5.58. The Kier molecular flexibility index (Phi) is 6.80. The number of Topliss-reactive ketones (excluding diaryl/α,β-unsaturated/α-hetero) is 1. The highest BCUT2D eigenvalue weighted by molar-refractivity contribution is 6.30. The molecule has 1 aliphatic heterocycles. The summed E-state index contributed by atoms with van der Waals surface area (Å²) in [6, 6.07) is 12.4. The molecule has 0 spiro atoms. The fraction of sp³-hybridized carbons (Fsp3) is 0.370. The van der Waals surface area contributed by atoms with E-state index in [1.165, 1.54) is 13.2 Å². The summed E-state index contributed by atoms with van der Waals surface area (Å²) in [4.78, 5) is 31.5. The summed E-state index contributed by atoms with van der Waals surface area (Å²) in [5, 5.41) is 10.8. The molecule has 178 valence electrons. The van der Waals surface area contributed by atoms with Gasteiger partial charge in [0, 0.05) is 34.3 Å². The van der Waals surface area contributed by atoms with Crippen molar-refractivity contribution in [3.63, 3.8) is 0 Å². The van der Waals surface area contributed by atoms with E-state index in [0.29, 0.717) is 40.4 Å². The number of halogens is 1. The molecular weight excluding hydrogens is 454 g/mol. The first-order valence-electron chi connectivity index (χ1n) is 11.3. The van der Waals surface area contributed by atoms with E-state index in [0.717, 1.165) is 5.56 Å². The Morgan fingerprint density at radius 2 is 1.79 bits per heavy atom. The molecule has 3 atom stereocenters. The molecule has 0 radical (unpaired) electrons. The van der Waals surface area contributed by atoms with Gasteiger partial charge in [-0.25, -0.2) is 0 Å². The summed E-state index contributed by atoms with van der Waals surface area (Å²) in [7, 11) is 1.46. The van der Waals surface area contributed by atoms with Gasteiger partial charge in [0.05, 0.1) is 13.2 Å². The summed E-state index contributed by atoms with van der Waals surface area (Å²) in [6.45, 7) is 5.38. The minimum absolute atomic E-state index is 0.0132. The highest BCUT2D eigenvalue weighted by Gasteiger charge is 2.45. The van der Waals surface area contributed by atoms with Crippen LogP contribution in [0.2, 0.25) is 5.02 Å². The molecule has 6 nitrogen and oxygen atoms in total. The predicted molar refractivity (Wildman–Crippen MR) is 131 cm³/mol. The Morgan fingerprint density at radius 1 is 1.12 bits per heavy atom. The van der Waals surface area contributed by atoms with Crippen LogP contribution in [0.5, 0.6) is 11.5 Å². The Morgan fingerprint density at radius 3 is 2.44 bits per heavy atom. The van der Waals surface area contributed by atoms with Crippen molar-refractivity contribution in [2.24, 2.45) is 10.9 Å². The number of benzene rings is 2. The van der Waals surface area contributed by atoms with Crippen LogP contribution in [0.25, 0.3) is 0 Å². The molecule has 1 N–H and O–H groups in total. The lowest BCUT2D eigenvalue weighted by Gasteiger charge is -2.37. The van der Waals surface area contributed by atoms with Crippen molar-refractivity contribution < 1.29 is 24.2 Å². The van der Waals surface area contributed by atoms with Crippen molar-refractivity contribution in [3.05, 3.63) is 69.9 Å². The summed E-state index contributed by atoms with van der Waals surface area (Å²) < 4.78 is 10.9. The van der Waals surface area contributed by atoms with Gasteiger partial charge < -0.3 is 14.6 Å². The van der Waals surface area contributed by atoms with Crippen LogP contribution in [0.4, 0.5) is 0 Å². The lowest BCUT2D eigenvalue weighted by molar-refractivity contribution is -0.150. The Labute approximate surface area is 204 Å². The van der Waals surface area contributed by atoms with Gasteiger partial charge in [0.2, 0.25) is 0 Å². The van der Waals surface area contributed by atoms with Crippen molar-refractivity contribution >= 4 is 29.1 Å². The zero-order chi connectivity index (χ0) is 24.6. The molecule has 0 saturated carbocycles. The lowest BCUT2D eigenvalue weighted by atomic mass is 9.69. The second kappa shape index (κ2) is 9.63. The highest BCUT2D eigenvalue weighted by Crippen LogP contribution is 2.48. The van der Waals surface area contributed by atoms with Gasteiger partial charge in [0.1, 0.15) is 5.92 Å².